The molecule has 6 heteroatoms. The number of rotatable bonds is 1. The van der Waals surface area contributed by atoms with E-state index in [1.807, 2.05) is 42.5 Å². The summed E-state index contributed by atoms with van der Waals surface area (Å²) in [5.74, 6) is -2.16. The molecule has 0 saturated carbocycles. The predicted octanol–water partition coefficient (Wildman–Crippen LogP) is 5.85. The molecule has 6 nitrogen and oxygen atoms in total. The van der Waals surface area contributed by atoms with Crippen LogP contribution in [0.25, 0.3) is 32.7 Å². The fourth-order valence-corrected chi connectivity index (χ4v) is 6.08. The molecule has 0 radical (unpaired) electrons. The quantitative estimate of drug-likeness (QED) is 0.263. The molecule has 174 valence electrons. The van der Waals surface area contributed by atoms with Gasteiger partial charge in [-0.2, -0.15) is 0 Å². The number of fused-ring (bicyclic) bond motifs is 8. The molecule has 0 amide bonds. The average molecular weight is 474 g/mol. The fraction of sp³-hybridized carbons (Fsp3) is 0.0667. The molecule has 3 N–H and O–H groups in total. The molecule has 1 atom stereocenters. The van der Waals surface area contributed by atoms with Crippen LogP contribution in [-0.4, -0.2) is 27.3 Å². The number of carbonyl (C=O) groups excluding carboxylic acids is 1. The zero-order chi connectivity index (χ0) is 24.9. The average Bonchev–Trinajstić information content (AvgIpc) is 3.14. The summed E-state index contributed by atoms with van der Waals surface area (Å²) in [6.07, 6.45) is 0. The van der Waals surface area contributed by atoms with Crippen LogP contribution in [0.3, 0.4) is 0 Å². The van der Waals surface area contributed by atoms with E-state index in [0.29, 0.717) is 49.7 Å². The molecular weight excluding hydrogens is 456 g/mol. The van der Waals surface area contributed by atoms with E-state index in [1.54, 1.807) is 25.1 Å². The van der Waals surface area contributed by atoms with Crippen molar-refractivity contribution in [1.82, 2.24) is 0 Å². The van der Waals surface area contributed by atoms with Crippen LogP contribution in [0.1, 0.15) is 43.0 Å². The van der Waals surface area contributed by atoms with Crippen molar-refractivity contribution in [2.24, 2.45) is 0 Å². The molecule has 5 aromatic carbocycles. The summed E-state index contributed by atoms with van der Waals surface area (Å²) in [6.45, 7) is 1.77. The van der Waals surface area contributed by atoms with Gasteiger partial charge in [0.15, 0.2) is 5.60 Å². The van der Waals surface area contributed by atoms with Gasteiger partial charge in [0.05, 0.1) is 5.56 Å². The summed E-state index contributed by atoms with van der Waals surface area (Å²) in [4.78, 5) is 25.6. The van der Waals surface area contributed by atoms with Crippen molar-refractivity contribution in [3.8, 4) is 22.6 Å². The van der Waals surface area contributed by atoms with Gasteiger partial charge in [0.1, 0.15) is 17.1 Å². The van der Waals surface area contributed by atoms with Crippen LogP contribution in [0, 0.1) is 6.92 Å². The van der Waals surface area contributed by atoms with Gasteiger partial charge < -0.3 is 20.1 Å². The van der Waals surface area contributed by atoms with Crippen molar-refractivity contribution in [2.45, 2.75) is 12.5 Å². The zero-order valence-corrected chi connectivity index (χ0v) is 19.0. The summed E-state index contributed by atoms with van der Waals surface area (Å²) in [5.41, 5.74) is 2.09. The maximum Gasteiger partial charge on any atom is 0.340 e. The van der Waals surface area contributed by atoms with Gasteiger partial charge in [0, 0.05) is 27.5 Å². The summed E-state index contributed by atoms with van der Waals surface area (Å²) in [5, 5.41) is 34.5. The third-order valence-corrected chi connectivity index (χ3v) is 7.55. The Hall–Kier alpha value is -4.84. The van der Waals surface area contributed by atoms with E-state index in [-0.39, 0.29) is 11.3 Å². The van der Waals surface area contributed by atoms with Crippen molar-refractivity contribution in [2.75, 3.05) is 0 Å². The Bertz CT molecular complexity index is 1850. The van der Waals surface area contributed by atoms with Crippen LogP contribution < -0.4 is 0 Å². The number of ether oxygens (including phenoxy) is 1. The third-order valence-electron chi connectivity index (χ3n) is 7.55. The van der Waals surface area contributed by atoms with Gasteiger partial charge in [0.2, 0.25) is 0 Å². The van der Waals surface area contributed by atoms with Crippen molar-refractivity contribution in [1.29, 1.82) is 0 Å². The number of hydrogen-bond acceptors (Lipinski definition) is 5. The second-order valence-electron chi connectivity index (χ2n) is 9.27. The maximum atomic E-state index is 13.6. The summed E-state index contributed by atoms with van der Waals surface area (Å²) >= 11 is 0. The van der Waals surface area contributed by atoms with Gasteiger partial charge >= 0.3 is 11.9 Å². The smallest absolute Gasteiger partial charge is 0.340 e. The Morgan fingerprint density at radius 1 is 0.861 bits per heavy atom. The Morgan fingerprint density at radius 3 is 2.33 bits per heavy atom. The van der Waals surface area contributed by atoms with Crippen molar-refractivity contribution in [3.63, 3.8) is 0 Å². The molecule has 1 spiro atoms. The molecule has 1 aliphatic carbocycles. The number of phenolic OH excluding ortho intramolecular Hbond substituents is 1. The normalized spacial score (nSPS) is 17.3. The first-order chi connectivity index (χ1) is 17.3. The molecule has 0 fully saturated rings. The van der Waals surface area contributed by atoms with Gasteiger partial charge in [0.25, 0.3) is 0 Å². The van der Waals surface area contributed by atoms with Crippen LogP contribution in [0.4, 0.5) is 0 Å². The van der Waals surface area contributed by atoms with Crippen LogP contribution in [-0.2, 0) is 10.3 Å². The highest BCUT2D eigenvalue weighted by atomic mass is 16.6. The Kier molecular flexibility index (Phi) is 3.78. The molecule has 5 aromatic rings. The van der Waals surface area contributed by atoms with Gasteiger partial charge in [-0.25, -0.2) is 9.59 Å². The lowest BCUT2D eigenvalue weighted by molar-refractivity contribution is 0.0145. The summed E-state index contributed by atoms with van der Waals surface area (Å²) in [7, 11) is 0. The second kappa shape index (κ2) is 6.64. The molecule has 36 heavy (non-hydrogen) atoms. The number of hydrogen-bond donors (Lipinski definition) is 3. The standard InChI is InChI=1S/C30H18O6/c1-14-24-19-13-23(31)20(28(33)34)12-22(19)30(26(24)16-8-2-3-9-17(16)27(14)32)21-11-5-7-15-6-4-10-18(25(15)21)29(35)36-30/h2-13,31-32H,1H3,(H,33,34). The highest BCUT2D eigenvalue weighted by Gasteiger charge is 2.54. The highest BCUT2D eigenvalue weighted by molar-refractivity contribution is 6.12. The maximum absolute atomic E-state index is 13.6. The van der Waals surface area contributed by atoms with Crippen molar-refractivity contribution >= 4 is 33.5 Å². The minimum atomic E-state index is -1.48. The molecule has 2 aliphatic rings. The van der Waals surface area contributed by atoms with E-state index in [1.165, 1.54) is 12.1 Å². The Labute approximate surface area is 204 Å². The van der Waals surface area contributed by atoms with Crippen LogP contribution in [0.5, 0.6) is 11.5 Å². The van der Waals surface area contributed by atoms with Gasteiger partial charge in [-0.05, 0) is 52.6 Å². The van der Waals surface area contributed by atoms with Gasteiger partial charge in [-0.15, -0.1) is 0 Å². The van der Waals surface area contributed by atoms with Crippen LogP contribution in [0.2, 0.25) is 0 Å². The number of aromatic carboxylic acids is 1. The first-order valence-corrected chi connectivity index (χ1v) is 11.5. The highest BCUT2D eigenvalue weighted by Crippen LogP contribution is 2.61. The molecule has 0 aromatic heterocycles. The molecular formula is C30H18O6. The largest absolute Gasteiger partial charge is 0.507 e. The van der Waals surface area contributed by atoms with Crippen LogP contribution >= 0.6 is 0 Å². The fourth-order valence-electron chi connectivity index (χ4n) is 6.08. The first kappa shape index (κ1) is 20.5. The van der Waals surface area contributed by atoms with Gasteiger partial charge in [-0.1, -0.05) is 54.6 Å². The minimum Gasteiger partial charge on any atom is -0.507 e. The van der Waals surface area contributed by atoms with E-state index >= 15 is 0 Å². The Morgan fingerprint density at radius 2 is 1.58 bits per heavy atom. The van der Waals surface area contributed by atoms with Gasteiger partial charge in [-0.3, -0.25) is 0 Å². The molecule has 0 saturated heterocycles. The second-order valence-corrected chi connectivity index (χ2v) is 9.27. The third kappa shape index (κ3) is 2.26. The molecule has 1 unspecified atom stereocenters. The lowest BCUT2D eigenvalue weighted by Gasteiger charge is -2.37. The zero-order valence-electron chi connectivity index (χ0n) is 19.0. The molecule has 1 aliphatic heterocycles. The number of benzene rings is 5. The number of carbonyl (C=O) groups is 2. The first-order valence-electron chi connectivity index (χ1n) is 11.5. The number of carboxylic acid groups (broad SMARTS) is 1. The monoisotopic (exact) mass is 474 g/mol. The van der Waals surface area contributed by atoms with Crippen LogP contribution in [0.15, 0.2) is 72.8 Å². The summed E-state index contributed by atoms with van der Waals surface area (Å²) in [6, 6.07) is 21.2. The van der Waals surface area contributed by atoms with E-state index in [0.717, 1.165) is 10.8 Å². The number of phenols is 2. The van der Waals surface area contributed by atoms with E-state index in [2.05, 4.69) is 0 Å². The summed E-state index contributed by atoms with van der Waals surface area (Å²) < 4.78 is 6.39. The van der Waals surface area contributed by atoms with E-state index in [4.69, 9.17) is 4.74 Å². The van der Waals surface area contributed by atoms with E-state index < -0.39 is 23.3 Å². The predicted molar refractivity (Wildman–Crippen MR) is 134 cm³/mol. The van der Waals surface area contributed by atoms with Crippen molar-refractivity contribution < 1.29 is 29.6 Å². The number of aromatic hydroxyl groups is 2. The molecule has 7 rings (SSSR count). The topological polar surface area (TPSA) is 104 Å². The molecule has 0 bridgehead atoms. The minimum absolute atomic E-state index is 0.0786. The lowest BCUT2D eigenvalue weighted by Crippen LogP contribution is -2.37. The number of carboxylic acids is 1. The SMILES string of the molecule is Cc1c2c(c3ccccc3c1O)C1(OC(=O)c3cccc4cccc1c34)c1cc(C(=O)O)c(O)cc1-2. The van der Waals surface area contributed by atoms with Crippen molar-refractivity contribution in [3.05, 3.63) is 106 Å². The lowest BCUT2D eigenvalue weighted by atomic mass is 9.76. The van der Waals surface area contributed by atoms with E-state index in [9.17, 15) is 24.9 Å². The Balaban J connectivity index is 1.78. The number of esters is 1. The molecule has 1 heterocycles.